The average Bonchev–Trinajstić information content (AvgIpc) is 2.88. The summed E-state index contributed by atoms with van der Waals surface area (Å²) >= 11 is 0. The lowest BCUT2D eigenvalue weighted by Gasteiger charge is -2.19. The number of benzene rings is 1. The SMILES string of the molecule is CN1CCCC1CNC(=O)c1ccccc1C#CCN. The summed E-state index contributed by atoms with van der Waals surface area (Å²) in [7, 11) is 2.10. The fourth-order valence-corrected chi connectivity index (χ4v) is 2.48. The minimum atomic E-state index is -0.0628. The molecule has 2 rings (SSSR count). The van der Waals surface area contributed by atoms with E-state index < -0.39 is 0 Å². The molecule has 1 aromatic rings. The highest BCUT2D eigenvalue weighted by atomic mass is 16.1. The summed E-state index contributed by atoms with van der Waals surface area (Å²) in [5, 5.41) is 3.01. The zero-order valence-electron chi connectivity index (χ0n) is 11.9. The Balaban J connectivity index is 2.02. The number of carbonyl (C=O) groups excluding carboxylic acids is 1. The molecule has 3 N–H and O–H groups in total. The molecule has 106 valence electrons. The van der Waals surface area contributed by atoms with Crippen molar-refractivity contribution in [1.29, 1.82) is 0 Å². The molecular formula is C16H21N3O. The van der Waals surface area contributed by atoms with E-state index >= 15 is 0 Å². The Morgan fingerprint density at radius 2 is 2.30 bits per heavy atom. The third-order valence-electron chi connectivity index (χ3n) is 3.67. The van der Waals surface area contributed by atoms with Crippen LogP contribution in [0.2, 0.25) is 0 Å². The Kier molecular flexibility index (Phi) is 5.16. The van der Waals surface area contributed by atoms with Gasteiger partial charge in [-0.05, 0) is 38.6 Å². The number of nitrogens with one attached hydrogen (secondary N) is 1. The molecule has 0 spiro atoms. The lowest BCUT2D eigenvalue weighted by atomic mass is 10.1. The maximum Gasteiger partial charge on any atom is 0.252 e. The Hall–Kier alpha value is -1.83. The average molecular weight is 271 g/mol. The standard InChI is InChI=1S/C16H21N3O/c1-19-11-5-8-14(19)12-18-16(20)15-9-3-2-6-13(15)7-4-10-17/h2-3,6,9,14H,5,8,10-12,17H2,1H3,(H,18,20). The summed E-state index contributed by atoms with van der Waals surface area (Å²) in [6.45, 7) is 2.09. The molecule has 0 saturated carbocycles. The van der Waals surface area contributed by atoms with Gasteiger partial charge >= 0.3 is 0 Å². The van der Waals surface area contributed by atoms with Gasteiger partial charge in [-0.15, -0.1) is 0 Å². The summed E-state index contributed by atoms with van der Waals surface area (Å²) in [6, 6.07) is 7.82. The number of hydrogen-bond acceptors (Lipinski definition) is 3. The Labute approximate surface area is 120 Å². The van der Waals surface area contributed by atoms with Gasteiger partial charge in [0.2, 0.25) is 0 Å². The Morgan fingerprint density at radius 3 is 3.00 bits per heavy atom. The van der Waals surface area contributed by atoms with Crippen LogP contribution in [0, 0.1) is 11.8 Å². The first-order valence-electron chi connectivity index (χ1n) is 6.98. The molecule has 0 aliphatic carbocycles. The quantitative estimate of drug-likeness (QED) is 0.800. The second kappa shape index (κ2) is 7.09. The molecule has 4 heteroatoms. The third-order valence-corrected chi connectivity index (χ3v) is 3.67. The van der Waals surface area contributed by atoms with E-state index in [4.69, 9.17) is 5.73 Å². The number of rotatable bonds is 3. The molecule has 1 atom stereocenters. The second-order valence-corrected chi connectivity index (χ2v) is 5.04. The minimum absolute atomic E-state index is 0.0628. The van der Waals surface area contributed by atoms with Crippen LogP contribution in [0.3, 0.4) is 0 Å². The van der Waals surface area contributed by atoms with Gasteiger partial charge in [-0.1, -0.05) is 24.0 Å². The number of likely N-dealkylation sites (tertiary alicyclic amines) is 1. The van der Waals surface area contributed by atoms with E-state index in [2.05, 4.69) is 29.1 Å². The molecule has 0 bridgehead atoms. The van der Waals surface area contributed by atoms with Crippen LogP contribution in [0.5, 0.6) is 0 Å². The number of hydrogen-bond donors (Lipinski definition) is 2. The van der Waals surface area contributed by atoms with E-state index in [0.29, 0.717) is 24.7 Å². The second-order valence-electron chi connectivity index (χ2n) is 5.04. The van der Waals surface area contributed by atoms with Crippen LogP contribution in [-0.2, 0) is 0 Å². The maximum atomic E-state index is 12.3. The number of nitrogens with two attached hydrogens (primary N) is 1. The molecule has 1 heterocycles. The van der Waals surface area contributed by atoms with Gasteiger partial charge in [0.05, 0.1) is 12.1 Å². The Morgan fingerprint density at radius 1 is 1.50 bits per heavy atom. The molecule has 1 aliphatic heterocycles. The number of nitrogens with zero attached hydrogens (tertiary/aromatic N) is 1. The largest absolute Gasteiger partial charge is 0.350 e. The van der Waals surface area contributed by atoms with Crippen LogP contribution in [0.1, 0.15) is 28.8 Å². The van der Waals surface area contributed by atoms with Crippen molar-refractivity contribution < 1.29 is 4.79 Å². The first-order chi connectivity index (χ1) is 9.72. The van der Waals surface area contributed by atoms with Gasteiger partial charge in [-0.2, -0.15) is 0 Å². The van der Waals surface area contributed by atoms with Gasteiger partial charge in [0.1, 0.15) is 0 Å². The van der Waals surface area contributed by atoms with Crippen molar-refractivity contribution in [2.45, 2.75) is 18.9 Å². The molecule has 20 heavy (non-hydrogen) atoms. The molecule has 1 unspecified atom stereocenters. The van der Waals surface area contributed by atoms with Crippen LogP contribution in [0.15, 0.2) is 24.3 Å². The lowest BCUT2D eigenvalue weighted by molar-refractivity contribution is 0.0943. The predicted molar refractivity (Wildman–Crippen MR) is 80.4 cm³/mol. The highest BCUT2D eigenvalue weighted by molar-refractivity contribution is 5.96. The first kappa shape index (κ1) is 14.6. The molecule has 1 aromatic carbocycles. The number of likely N-dealkylation sites (N-methyl/N-ethyl adjacent to an activating group) is 1. The van der Waals surface area contributed by atoms with Crippen molar-refractivity contribution in [3.05, 3.63) is 35.4 Å². The van der Waals surface area contributed by atoms with Crippen LogP contribution in [-0.4, -0.2) is 43.5 Å². The van der Waals surface area contributed by atoms with Crippen LogP contribution < -0.4 is 11.1 Å². The summed E-state index contributed by atoms with van der Waals surface area (Å²) in [6.07, 6.45) is 2.35. The van der Waals surface area contributed by atoms with Crippen molar-refractivity contribution >= 4 is 5.91 Å². The normalized spacial score (nSPS) is 18.4. The van der Waals surface area contributed by atoms with Crippen molar-refractivity contribution in [2.24, 2.45) is 5.73 Å². The molecule has 1 saturated heterocycles. The van der Waals surface area contributed by atoms with Gasteiger partial charge in [-0.3, -0.25) is 4.79 Å². The van der Waals surface area contributed by atoms with Crippen molar-refractivity contribution in [1.82, 2.24) is 10.2 Å². The smallest absolute Gasteiger partial charge is 0.252 e. The lowest BCUT2D eigenvalue weighted by Crippen LogP contribution is -2.38. The van der Waals surface area contributed by atoms with Gasteiger partial charge in [0.25, 0.3) is 5.91 Å². The van der Waals surface area contributed by atoms with E-state index in [0.717, 1.165) is 18.5 Å². The number of carbonyl (C=O) groups is 1. The van der Waals surface area contributed by atoms with E-state index in [1.165, 1.54) is 6.42 Å². The van der Waals surface area contributed by atoms with E-state index in [1.54, 1.807) is 6.07 Å². The molecule has 0 radical (unpaired) electrons. The molecule has 4 nitrogen and oxygen atoms in total. The van der Waals surface area contributed by atoms with Gasteiger partial charge in [0.15, 0.2) is 0 Å². The van der Waals surface area contributed by atoms with E-state index in [1.807, 2.05) is 18.2 Å². The maximum absolute atomic E-state index is 12.3. The third kappa shape index (κ3) is 3.60. The van der Waals surface area contributed by atoms with Gasteiger partial charge in [0, 0.05) is 18.2 Å². The summed E-state index contributed by atoms with van der Waals surface area (Å²) in [5.41, 5.74) is 6.73. The molecule has 1 fully saturated rings. The van der Waals surface area contributed by atoms with Crippen LogP contribution in [0.25, 0.3) is 0 Å². The molecule has 1 aliphatic rings. The molecule has 1 amide bonds. The predicted octanol–water partition coefficient (Wildman–Crippen LogP) is 0.821. The monoisotopic (exact) mass is 271 g/mol. The summed E-state index contributed by atoms with van der Waals surface area (Å²) in [5.74, 6) is 5.68. The van der Waals surface area contributed by atoms with E-state index in [-0.39, 0.29) is 5.91 Å². The highest BCUT2D eigenvalue weighted by Gasteiger charge is 2.21. The minimum Gasteiger partial charge on any atom is -0.350 e. The summed E-state index contributed by atoms with van der Waals surface area (Å²) < 4.78 is 0. The fraction of sp³-hybridized carbons (Fsp3) is 0.438. The number of amides is 1. The van der Waals surface area contributed by atoms with Crippen LogP contribution >= 0.6 is 0 Å². The zero-order valence-corrected chi connectivity index (χ0v) is 11.9. The van der Waals surface area contributed by atoms with Crippen LogP contribution in [0.4, 0.5) is 0 Å². The topological polar surface area (TPSA) is 58.4 Å². The van der Waals surface area contributed by atoms with E-state index in [9.17, 15) is 4.79 Å². The van der Waals surface area contributed by atoms with Gasteiger partial charge < -0.3 is 16.0 Å². The fourth-order valence-electron chi connectivity index (χ4n) is 2.48. The molecule has 0 aromatic heterocycles. The van der Waals surface area contributed by atoms with Crippen molar-refractivity contribution in [2.75, 3.05) is 26.7 Å². The first-order valence-corrected chi connectivity index (χ1v) is 6.98. The Bertz CT molecular complexity index is 530. The highest BCUT2D eigenvalue weighted by Crippen LogP contribution is 2.14. The van der Waals surface area contributed by atoms with Gasteiger partial charge in [-0.25, -0.2) is 0 Å². The van der Waals surface area contributed by atoms with Crippen molar-refractivity contribution in [3.63, 3.8) is 0 Å². The molecular weight excluding hydrogens is 250 g/mol. The summed E-state index contributed by atoms with van der Waals surface area (Å²) in [4.78, 5) is 14.6. The zero-order chi connectivity index (χ0) is 14.4. The van der Waals surface area contributed by atoms with Crippen molar-refractivity contribution in [3.8, 4) is 11.8 Å².